The molecule has 0 saturated heterocycles. The van der Waals surface area contributed by atoms with Crippen LogP contribution in [0.4, 0.5) is 0 Å². The Labute approximate surface area is 150 Å². The van der Waals surface area contributed by atoms with E-state index in [2.05, 4.69) is 0 Å². The van der Waals surface area contributed by atoms with Gasteiger partial charge in [0.25, 0.3) is 0 Å². The van der Waals surface area contributed by atoms with Gasteiger partial charge in [-0.1, -0.05) is 59.6 Å². The van der Waals surface area contributed by atoms with Crippen LogP contribution in [0.15, 0.2) is 48.5 Å². The topological polar surface area (TPSA) is 57.6 Å². The normalized spacial score (nSPS) is 10.4. The quantitative estimate of drug-likeness (QED) is 0.805. The monoisotopic (exact) mass is 365 g/mol. The van der Waals surface area contributed by atoms with Gasteiger partial charge in [0.2, 0.25) is 5.91 Å². The number of carbonyl (C=O) groups excluding carboxylic acids is 1. The molecule has 2 aromatic carbocycles. The van der Waals surface area contributed by atoms with Gasteiger partial charge in [-0.3, -0.25) is 9.59 Å². The third kappa shape index (κ3) is 5.25. The van der Waals surface area contributed by atoms with Crippen LogP contribution in [-0.4, -0.2) is 28.4 Å². The molecule has 6 heteroatoms. The minimum atomic E-state index is -0.948. The zero-order valence-electron chi connectivity index (χ0n) is 12.9. The first kappa shape index (κ1) is 18.3. The van der Waals surface area contributed by atoms with Crippen LogP contribution >= 0.6 is 23.2 Å². The van der Waals surface area contributed by atoms with Crippen molar-refractivity contribution in [2.45, 2.75) is 19.4 Å². The van der Waals surface area contributed by atoms with Crippen molar-refractivity contribution in [1.29, 1.82) is 0 Å². The molecule has 0 aliphatic heterocycles. The number of aliphatic carboxylic acids is 1. The fraction of sp³-hybridized carbons (Fsp3) is 0.222. The van der Waals surface area contributed by atoms with E-state index in [4.69, 9.17) is 28.3 Å². The summed E-state index contributed by atoms with van der Waals surface area (Å²) in [6, 6.07) is 14.5. The van der Waals surface area contributed by atoms with Gasteiger partial charge >= 0.3 is 5.97 Å². The van der Waals surface area contributed by atoms with Crippen LogP contribution in [0, 0.1) is 0 Å². The molecule has 0 bridgehead atoms. The Bertz CT molecular complexity index is 699. The number of carboxylic acids is 1. The lowest BCUT2D eigenvalue weighted by Crippen LogP contribution is -2.33. The molecule has 0 aliphatic rings. The molecule has 0 spiro atoms. The van der Waals surface area contributed by atoms with Crippen LogP contribution in [0.5, 0.6) is 0 Å². The van der Waals surface area contributed by atoms with Gasteiger partial charge in [0.1, 0.15) is 0 Å². The van der Waals surface area contributed by atoms with Gasteiger partial charge in [-0.05, 0) is 23.3 Å². The smallest absolute Gasteiger partial charge is 0.305 e. The van der Waals surface area contributed by atoms with Gasteiger partial charge in [-0.2, -0.15) is 0 Å². The number of benzene rings is 2. The maximum Gasteiger partial charge on any atom is 0.305 e. The summed E-state index contributed by atoms with van der Waals surface area (Å²) < 4.78 is 0. The second-order valence-corrected chi connectivity index (χ2v) is 6.14. The third-order valence-corrected chi connectivity index (χ3v) is 4.26. The summed E-state index contributed by atoms with van der Waals surface area (Å²) in [4.78, 5) is 25.0. The molecular formula is C18H17Cl2NO3. The Hall–Kier alpha value is -2.04. The van der Waals surface area contributed by atoms with Gasteiger partial charge < -0.3 is 10.0 Å². The maximum atomic E-state index is 12.6. The molecule has 0 radical (unpaired) electrons. The first-order valence-electron chi connectivity index (χ1n) is 7.43. The van der Waals surface area contributed by atoms with Crippen LogP contribution in [0.3, 0.4) is 0 Å². The van der Waals surface area contributed by atoms with E-state index in [1.165, 1.54) is 4.90 Å². The largest absolute Gasteiger partial charge is 0.481 e. The minimum absolute atomic E-state index is 0.0327. The Morgan fingerprint density at radius 1 is 0.958 bits per heavy atom. The standard InChI is InChI=1S/C18H17Cl2NO3/c19-15-7-4-8-16(20)14(15)11-17(22)21(10-9-18(23)24)12-13-5-2-1-3-6-13/h1-8H,9-12H2,(H,23,24). The van der Waals surface area contributed by atoms with Crippen LogP contribution in [0.25, 0.3) is 0 Å². The molecular weight excluding hydrogens is 349 g/mol. The molecule has 2 rings (SSSR count). The second kappa shape index (κ2) is 8.71. The molecule has 1 N–H and O–H groups in total. The highest BCUT2D eigenvalue weighted by atomic mass is 35.5. The first-order valence-corrected chi connectivity index (χ1v) is 8.19. The number of amides is 1. The summed E-state index contributed by atoms with van der Waals surface area (Å²) in [5.74, 6) is -1.16. The summed E-state index contributed by atoms with van der Waals surface area (Å²) in [5, 5.41) is 9.76. The van der Waals surface area contributed by atoms with Gasteiger partial charge in [0, 0.05) is 23.1 Å². The number of hydrogen-bond donors (Lipinski definition) is 1. The predicted molar refractivity (Wildman–Crippen MR) is 94.3 cm³/mol. The van der Waals surface area contributed by atoms with E-state index in [0.717, 1.165) is 5.56 Å². The fourth-order valence-corrected chi connectivity index (χ4v) is 2.82. The van der Waals surface area contributed by atoms with E-state index in [-0.39, 0.29) is 25.3 Å². The van der Waals surface area contributed by atoms with Gasteiger partial charge in [-0.15, -0.1) is 0 Å². The molecule has 126 valence electrons. The van der Waals surface area contributed by atoms with E-state index in [1.807, 2.05) is 30.3 Å². The lowest BCUT2D eigenvalue weighted by Gasteiger charge is -2.23. The highest BCUT2D eigenvalue weighted by molar-refractivity contribution is 6.36. The summed E-state index contributed by atoms with van der Waals surface area (Å²) >= 11 is 12.2. The van der Waals surface area contributed by atoms with Crippen molar-refractivity contribution in [2.75, 3.05) is 6.54 Å². The van der Waals surface area contributed by atoms with Crippen molar-refractivity contribution < 1.29 is 14.7 Å². The predicted octanol–water partition coefficient (Wildman–Crippen LogP) is 4.04. The van der Waals surface area contributed by atoms with Crippen molar-refractivity contribution in [1.82, 2.24) is 4.90 Å². The van der Waals surface area contributed by atoms with Crippen molar-refractivity contribution in [2.24, 2.45) is 0 Å². The zero-order valence-corrected chi connectivity index (χ0v) is 14.4. The first-order chi connectivity index (χ1) is 11.5. The van der Waals surface area contributed by atoms with Crippen LogP contribution in [0.2, 0.25) is 10.0 Å². The van der Waals surface area contributed by atoms with Gasteiger partial charge in [0.05, 0.1) is 12.8 Å². The third-order valence-electron chi connectivity index (χ3n) is 3.55. The molecule has 0 unspecified atom stereocenters. The van der Waals surface area contributed by atoms with Crippen LogP contribution in [-0.2, 0) is 22.6 Å². The number of rotatable bonds is 7. The Morgan fingerprint density at radius 3 is 2.17 bits per heavy atom. The van der Waals surface area contributed by atoms with Crippen molar-refractivity contribution in [3.05, 3.63) is 69.7 Å². The van der Waals surface area contributed by atoms with Crippen molar-refractivity contribution in [3.63, 3.8) is 0 Å². The zero-order chi connectivity index (χ0) is 17.5. The number of carbonyl (C=O) groups is 2. The molecule has 0 fully saturated rings. The Kier molecular flexibility index (Phi) is 6.64. The number of halogens is 2. The average molecular weight is 366 g/mol. The molecule has 4 nitrogen and oxygen atoms in total. The highest BCUT2D eigenvalue weighted by Crippen LogP contribution is 2.25. The lowest BCUT2D eigenvalue weighted by atomic mass is 10.1. The Balaban J connectivity index is 2.15. The second-order valence-electron chi connectivity index (χ2n) is 5.32. The molecule has 1 amide bonds. The van der Waals surface area contributed by atoms with Crippen molar-refractivity contribution in [3.8, 4) is 0 Å². The SMILES string of the molecule is O=C(O)CCN(Cc1ccccc1)C(=O)Cc1c(Cl)cccc1Cl. The van der Waals surface area contributed by atoms with E-state index >= 15 is 0 Å². The molecule has 0 heterocycles. The number of hydrogen-bond acceptors (Lipinski definition) is 2. The molecule has 2 aromatic rings. The van der Waals surface area contributed by atoms with Crippen LogP contribution in [0.1, 0.15) is 17.5 Å². The van der Waals surface area contributed by atoms with E-state index in [0.29, 0.717) is 22.2 Å². The maximum absolute atomic E-state index is 12.6. The van der Waals surface area contributed by atoms with Crippen molar-refractivity contribution >= 4 is 35.1 Å². The highest BCUT2D eigenvalue weighted by Gasteiger charge is 2.18. The molecule has 0 atom stereocenters. The minimum Gasteiger partial charge on any atom is -0.481 e. The van der Waals surface area contributed by atoms with Gasteiger partial charge in [-0.25, -0.2) is 0 Å². The summed E-state index contributed by atoms with van der Waals surface area (Å²) in [6.45, 7) is 0.472. The van der Waals surface area contributed by atoms with Gasteiger partial charge in [0.15, 0.2) is 0 Å². The molecule has 0 aliphatic carbocycles. The lowest BCUT2D eigenvalue weighted by molar-refractivity contribution is -0.138. The molecule has 0 saturated carbocycles. The summed E-state index contributed by atoms with van der Waals surface area (Å²) in [5.41, 5.74) is 1.49. The molecule has 24 heavy (non-hydrogen) atoms. The van der Waals surface area contributed by atoms with E-state index < -0.39 is 5.97 Å². The number of carboxylic acid groups (broad SMARTS) is 1. The summed E-state index contributed by atoms with van der Waals surface area (Å²) in [7, 11) is 0. The fourth-order valence-electron chi connectivity index (χ4n) is 2.29. The summed E-state index contributed by atoms with van der Waals surface area (Å²) in [6.07, 6.45) is -0.0835. The molecule has 0 aromatic heterocycles. The Morgan fingerprint density at radius 2 is 1.58 bits per heavy atom. The van der Waals surface area contributed by atoms with E-state index in [1.54, 1.807) is 18.2 Å². The average Bonchev–Trinajstić information content (AvgIpc) is 2.55. The van der Waals surface area contributed by atoms with Crippen LogP contribution < -0.4 is 0 Å². The van der Waals surface area contributed by atoms with E-state index in [9.17, 15) is 9.59 Å². The number of nitrogens with zero attached hydrogens (tertiary/aromatic N) is 1.